The van der Waals surface area contributed by atoms with E-state index in [0.717, 1.165) is 37.0 Å². The van der Waals surface area contributed by atoms with Crippen molar-refractivity contribution >= 4 is 11.9 Å². The van der Waals surface area contributed by atoms with Crippen molar-refractivity contribution in [3.8, 4) is 5.75 Å². The Labute approximate surface area is 197 Å². The maximum absolute atomic E-state index is 12.2. The molecule has 5 nitrogen and oxygen atoms in total. The number of unbranched alkanes of at least 4 members (excludes halogenated alkanes) is 2. The Hall–Kier alpha value is -2.82. The summed E-state index contributed by atoms with van der Waals surface area (Å²) in [5.41, 5.74) is 2.99. The molecule has 0 heterocycles. The van der Waals surface area contributed by atoms with Crippen LogP contribution in [-0.4, -0.2) is 23.5 Å². The van der Waals surface area contributed by atoms with Crippen LogP contribution in [0.5, 0.6) is 5.75 Å². The number of hydrogen-bond donors (Lipinski definition) is 2. The molecule has 2 N–H and O–H groups in total. The zero-order valence-corrected chi connectivity index (χ0v) is 19.7. The van der Waals surface area contributed by atoms with Crippen LogP contribution in [0.4, 0.5) is 0 Å². The van der Waals surface area contributed by atoms with Crippen LogP contribution in [0.25, 0.3) is 0 Å². The monoisotopic (exact) mass is 451 g/mol. The van der Waals surface area contributed by atoms with E-state index in [2.05, 4.69) is 36.5 Å². The summed E-state index contributed by atoms with van der Waals surface area (Å²) < 4.78 is 6.42. The van der Waals surface area contributed by atoms with E-state index >= 15 is 0 Å². The molecule has 1 fully saturated rings. The van der Waals surface area contributed by atoms with Crippen LogP contribution in [0, 0.1) is 0 Å². The van der Waals surface area contributed by atoms with E-state index in [9.17, 15) is 9.59 Å². The summed E-state index contributed by atoms with van der Waals surface area (Å²) in [6.07, 6.45) is 10.7. The molecule has 2 aromatic carbocycles. The number of amides is 1. The summed E-state index contributed by atoms with van der Waals surface area (Å²) in [6.45, 7) is 2.31. The first-order valence-electron chi connectivity index (χ1n) is 12.4. The summed E-state index contributed by atoms with van der Waals surface area (Å²) in [5, 5.41) is 11.4. The third-order valence-electron chi connectivity index (χ3n) is 6.47. The van der Waals surface area contributed by atoms with Crippen molar-refractivity contribution in [2.75, 3.05) is 6.54 Å². The molecule has 0 radical (unpaired) electrons. The molecule has 1 aliphatic carbocycles. The second-order valence-corrected chi connectivity index (χ2v) is 9.03. The Kier molecular flexibility index (Phi) is 9.79. The molecule has 178 valence electrons. The van der Waals surface area contributed by atoms with Gasteiger partial charge in [0.1, 0.15) is 11.9 Å². The third-order valence-corrected chi connectivity index (χ3v) is 6.47. The molecule has 0 bridgehead atoms. The van der Waals surface area contributed by atoms with Crippen LogP contribution in [0.3, 0.4) is 0 Å². The first kappa shape index (κ1) is 24.8. The topological polar surface area (TPSA) is 75.6 Å². The number of hydrogen-bond acceptors (Lipinski definition) is 3. The molecule has 3 rings (SSSR count). The highest BCUT2D eigenvalue weighted by atomic mass is 16.5. The van der Waals surface area contributed by atoms with Crippen molar-refractivity contribution < 1.29 is 19.4 Å². The number of carbonyl (C=O) groups is 2. The van der Waals surface area contributed by atoms with Gasteiger partial charge < -0.3 is 15.2 Å². The van der Waals surface area contributed by atoms with E-state index < -0.39 is 5.97 Å². The zero-order chi connectivity index (χ0) is 23.5. The normalized spacial score (nSPS) is 15.1. The molecule has 5 heteroatoms. The highest BCUT2D eigenvalue weighted by Gasteiger charge is 2.17. The third kappa shape index (κ3) is 7.92. The standard InChI is InChI=1S/C28H37NO4/c1-2-3-5-10-26(23-11-13-24(14-12-23)28(32)29-20-19-27(30)31)33-25-17-15-22(16-18-25)21-8-6-4-7-9-21/h11-18,21,26H,2-10,19-20H2,1H3,(H,29,32)(H,30,31). The minimum absolute atomic E-state index is 0.0683. The van der Waals surface area contributed by atoms with Crippen molar-refractivity contribution in [3.05, 3.63) is 65.2 Å². The van der Waals surface area contributed by atoms with E-state index in [1.807, 2.05) is 12.1 Å². The first-order valence-corrected chi connectivity index (χ1v) is 12.4. The molecule has 0 spiro atoms. The molecule has 1 atom stereocenters. The average Bonchev–Trinajstić information content (AvgIpc) is 2.84. The molecule has 1 aliphatic rings. The van der Waals surface area contributed by atoms with Crippen LogP contribution in [0.2, 0.25) is 0 Å². The van der Waals surface area contributed by atoms with Crippen LogP contribution in [-0.2, 0) is 4.79 Å². The SMILES string of the molecule is CCCCCC(Oc1ccc(C2CCCCC2)cc1)c1ccc(C(=O)NCCC(=O)O)cc1. The van der Waals surface area contributed by atoms with Gasteiger partial charge in [-0.15, -0.1) is 0 Å². The summed E-state index contributed by atoms with van der Waals surface area (Å²) >= 11 is 0. The van der Waals surface area contributed by atoms with Crippen LogP contribution in [0.15, 0.2) is 48.5 Å². The van der Waals surface area contributed by atoms with Gasteiger partial charge in [0.2, 0.25) is 0 Å². The van der Waals surface area contributed by atoms with Crippen LogP contribution in [0.1, 0.15) is 105 Å². The number of aliphatic carboxylic acids is 1. The molecular formula is C28H37NO4. The molecule has 33 heavy (non-hydrogen) atoms. The maximum Gasteiger partial charge on any atom is 0.305 e. The lowest BCUT2D eigenvalue weighted by atomic mass is 9.84. The van der Waals surface area contributed by atoms with Crippen LogP contribution >= 0.6 is 0 Å². The van der Waals surface area contributed by atoms with E-state index in [-0.39, 0.29) is 25.0 Å². The number of carboxylic acid groups (broad SMARTS) is 1. The van der Waals surface area contributed by atoms with E-state index in [1.54, 1.807) is 12.1 Å². The van der Waals surface area contributed by atoms with Crippen molar-refractivity contribution in [1.82, 2.24) is 5.32 Å². The van der Waals surface area contributed by atoms with E-state index in [0.29, 0.717) is 11.5 Å². The minimum atomic E-state index is -0.926. The lowest BCUT2D eigenvalue weighted by Crippen LogP contribution is -2.26. The highest BCUT2D eigenvalue weighted by molar-refractivity contribution is 5.94. The maximum atomic E-state index is 12.2. The Morgan fingerprint density at radius 1 is 1.00 bits per heavy atom. The van der Waals surface area contributed by atoms with E-state index in [4.69, 9.17) is 9.84 Å². The first-order chi connectivity index (χ1) is 16.1. The van der Waals surface area contributed by atoms with Gasteiger partial charge in [0.15, 0.2) is 0 Å². The van der Waals surface area contributed by atoms with Gasteiger partial charge in [-0.1, -0.05) is 63.3 Å². The number of ether oxygens (including phenoxy) is 1. The molecule has 0 aromatic heterocycles. The molecule has 2 aromatic rings. The molecule has 0 saturated heterocycles. The number of carbonyl (C=O) groups excluding carboxylic acids is 1. The molecule has 1 unspecified atom stereocenters. The van der Waals surface area contributed by atoms with Crippen molar-refractivity contribution in [3.63, 3.8) is 0 Å². The van der Waals surface area contributed by atoms with Crippen LogP contribution < -0.4 is 10.1 Å². The molecule has 1 amide bonds. The lowest BCUT2D eigenvalue weighted by molar-refractivity contribution is -0.136. The van der Waals surface area contributed by atoms with Crippen molar-refractivity contribution in [1.29, 1.82) is 0 Å². The summed E-state index contributed by atoms with van der Waals surface area (Å²) in [5.74, 6) is 0.378. The number of rotatable bonds is 12. The fraction of sp³-hybridized carbons (Fsp3) is 0.500. The largest absolute Gasteiger partial charge is 0.486 e. The van der Waals surface area contributed by atoms with Gasteiger partial charge in [-0.3, -0.25) is 9.59 Å². The van der Waals surface area contributed by atoms with Gasteiger partial charge in [-0.25, -0.2) is 0 Å². The Morgan fingerprint density at radius 3 is 2.33 bits per heavy atom. The minimum Gasteiger partial charge on any atom is -0.486 e. The summed E-state index contributed by atoms with van der Waals surface area (Å²) in [7, 11) is 0. The van der Waals surface area contributed by atoms with Gasteiger partial charge in [0.25, 0.3) is 5.91 Å². The number of carboxylic acids is 1. The Balaban J connectivity index is 1.65. The van der Waals surface area contributed by atoms with Crippen molar-refractivity contribution in [2.45, 2.75) is 83.2 Å². The summed E-state index contributed by atoms with van der Waals surface area (Å²) in [4.78, 5) is 22.9. The van der Waals surface area contributed by atoms with Gasteiger partial charge >= 0.3 is 5.97 Å². The second-order valence-electron chi connectivity index (χ2n) is 9.03. The zero-order valence-electron chi connectivity index (χ0n) is 19.7. The smallest absolute Gasteiger partial charge is 0.305 e. The van der Waals surface area contributed by atoms with Gasteiger partial charge in [-0.05, 0) is 67.0 Å². The summed E-state index contributed by atoms with van der Waals surface area (Å²) in [6, 6.07) is 16.1. The average molecular weight is 452 g/mol. The lowest BCUT2D eigenvalue weighted by Gasteiger charge is -2.23. The number of nitrogens with one attached hydrogen (secondary N) is 1. The fourth-order valence-electron chi connectivity index (χ4n) is 4.53. The number of benzene rings is 2. The molecular weight excluding hydrogens is 414 g/mol. The van der Waals surface area contributed by atoms with Gasteiger partial charge in [-0.2, -0.15) is 0 Å². The Bertz CT molecular complexity index is 870. The predicted octanol–water partition coefficient (Wildman–Crippen LogP) is 6.64. The van der Waals surface area contributed by atoms with Gasteiger partial charge in [0.05, 0.1) is 6.42 Å². The van der Waals surface area contributed by atoms with E-state index in [1.165, 1.54) is 37.7 Å². The Morgan fingerprint density at radius 2 is 1.70 bits per heavy atom. The van der Waals surface area contributed by atoms with Crippen molar-refractivity contribution in [2.24, 2.45) is 0 Å². The fourth-order valence-corrected chi connectivity index (χ4v) is 4.53. The predicted molar refractivity (Wildman–Crippen MR) is 131 cm³/mol. The highest BCUT2D eigenvalue weighted by Crippen LogP contribution is 2.34. The molecule has 0 aliphatic heterocycles. The quantitative estimate of drug-likeness (QED) is 0.355. The molecule has 1 saturated carbocycles. The second kappa shape index (κ2) is 13.0. The van der Waals surface area contributed by atoms with Gasteiger partial charge in [0, 0.05) is 12.1 Å².